The molecule has 19 heavy (non-hydrogen) atoms. The van der Waals surface area contributed by atoms with Crippen LogP contribution in [0.5, 0.6) is 0 Å². The third-order valence-electron chi connectivity index (χ3n) is 3.13. The molecule has 0 saturated carbocycles. The predicted molar refractivity (Wildman–Crippen MR) is 76.6 cm³/mol. The van der Waals surface area contributed by atoms with Crippen LogP contribution in [0.1, 0.15) is 30.7 Å². The minimum Gasteiger partial charge on any atom is -0.338 e. The van der Waals surface area contributed by atoms with Crippen molar-refractivity contribution >= 4 is 17.8 Å². The highest BCUT2D eigenvalue weighted by Gasteiger charge is 2.31. The van der Waals surface area contributed by atoms with E-state index in [1.54, 1.807) is 28.8 Å². The maximum absolute atomic E-state index is 13.8. The molecule has 3 nitrogen and oxygen atoms in total. The predicted octanol–water partition coefficient (Wildman–Crippen LogP) is 3.38. The lowest BCUT2D eigenvalue weighted by Crippen LogP contribution is -2.40. The molecule has 104 valence electrons. The summed E-state index contributed by atoms with van der Waals surface area (Å²) >= 11 is 1.61. The molecule has 2 rings (SSSR count). The molecule has 5 heteroatoms. The van der Waals surface area contributed by atoms with Gasteiger partial charge in [0.15, 0.2) is 0 Å². The van der Waals surface area contributed by atoms with Gasteiger partial charge in [-0.05, 0) is 12.5 Å². The van der Waals surface area contributed by atoms with E-state index >= 15 is 0 Å². The van der Waals surface area contributed by atoms with Gasteiger partial charge in [0, 0.05) is 24.4 Å². The van der Waals surface area contributed by atoms with Crippen molar-refractivity contribution in [3.8, 4) is 0 Å². The normalized spacial score (nSPS) is 18.6. The molecule has 1 aliphatic heterocycles. The van der Waals surface area contributed by atoms with E-state index in [0.717, 1.165) is 18.6 Å². The van der Waals surface area contributed by atoms with E-state index in [4.69, 9.17) is 0 Å². The molecule has 1 aromatic carbocycles. The van der Waals surface area contributed by atoms with Crippen LogP contribution < -0.4 is 5.32 Å². The molecule has 1 fully saturated rings. The summed E-state index contributed by atoms with van der Waals surface area (Å²) in [7, 11) is 0. The first-order valence-corrected chi connectivity index (χ1v) is 7.69. The van der Waals surface area contributed by atoms with Crippen LogP contribution in [0.2, 0.25) is 0 Å². The van der Waals surface area contributed by atoms with Crippen LogP contribution in [-0.2, 0) is 0 Å². The van der Waals surface area contributed by atoms with Crippen LogP contribution in [0.25, 0.3) is 0 Å². The third kappa shape index (κ3) is 3.41. The molecule has 1 aromatic rings. The van der Waals surface area contributed by atoms with Crippen molar-refractivity contribution in [1.29, 1.82) is 0 Å². The Morgan fingerprint density at radius 1 is 1.53 bits per heavy atom. The fourth-order valence-electron chi connectivity index (χ4n) is 2.08. The van der Waals surface area contributed by atoms with E-state index in [1.807, 2.05) is 6.07 Å². The number of carbonyl (C=O) groups is 1. The lowest BCUT2D eigenvalue weighted by Gasteiger charge is -2.24. The lowest BCUT2D eigenvalue weighted by atomic mass is 10.2. The maximum Gasteiger partial charge on any atom is 0.318 e. The Morgan fingerprint density at radius 2 is 2.32 bits per heavy atom. The van der Waals surface area contributed by atoms with Crippen molar-refractivity contribution in [2.75, 3.05) is 18.8 Å². The molecular weight excluding hydrogens is 263 g/mol. The SMILES string of the molecule is CCCCNC(=O)N1CCSC1c1ccccc1F. The number of rotatable bonds is 4. The standard InChI is InChI=1S/C14H19FN2OS/c1-2-3-8-16-14(18)17-9-10-19-13(17)11-6-4-5-7-12(11)15/h4-7,13H,2-3,8-10H2,1H3,(H,16,18). The Hall–Kier alpha value is -1.23. The molecule has 0 spiro atoms. The van der Waals surface area contributed by atoms with Crippen LogP contribution in [0.3, 0.4) is 0 Å². The van der Waals surface area contributed by atoms with Crippen LogP contribution in [0.4, 0.5) is 9.18 Å². The number of hydrogen-bond acceptors (Lipinski definition) is 2. The molecule has 1 aliphatic rings. The second-order valence-electron chi connectivity index (χ2n) is 4.52. The van der Waals surface area contributed by atoms with Gasteiger partial charge in [0.2, 0.25) is 0 Å². The van der Waals surface area contributed by atoms with Gasteiger partial charge in [0.25, 0.3) is 0 Å². The van der Waals surface area contributed by atoms with E-state index in [0.29, 0.717) is 18.7 Å². The van der Waals surface area contributed by atoms with Crippen molar-refractivity contribution in [3.63, 3.8) is 0 Å². The van der Waals surface area contributed by atoms with Gasteiger partial charge >= 0.3 is 6.03 Å². The zero-order chi connectivity index (χ0) is 13.7. The highest BCUT2D eigenvalue weighted by atomic mass is 32.2. The lowest BCUT2D eigenvalue weighted by molar-refractivity contribution is 0.199. The highest BCUT2D eigenvalue weighted by Crippen LogP contribution is 2.38. The zero-order valence-corrected chi connectivity index (χ0v) is 11.9. The number of halogens is 1. The summed E-state index contributed by atoms with van der Waals surface area (Å²) in [6, 6.07) is 6.59. The van der Waals surface area contributed by atoms with E-state index in [9.17, 15) is 9.18 Å². The minimum atomic E-state index is -0.242. The molecule has 2 amide bonds. The van der Waals surface area contributed by atoms with Crippen LogP contribution in [-0.4, -0.2) is 29.8 Å². The summed E-state index contributed by atoms with van der Waals surface area (Å²) in [6.07, 6.45) is 2.02. The summed E-state index contributed by atoms with van der Waals surface area (Å²) in [5, 5.41) is 2.69. The second-order valence-corrected chi connectivity index (χ2v) is 5.71. The van der Waals surface area contributed by atoms with Gasteiger partial charge in [-0.1, -0.05) is 31.5 Å². The number of nitrogens with zero attached hydrogens (tertiary/aromatic N) is 1. The van der Waals surface area contributed by atoms with E-state index in [1.165, 1.54) is 6.07 Å². The molecule has 1 unspecified atom stereocenters. The zero-order valence-electron chi connectivity index (χ0n) is 11.1. The number of urea groups is 1. The van der Waals surface area contributed by atoms with E-state index in [2.05, 4.69) is 12.2 Å². The molecule has 1 saturated heterocycles. The van der Waals surface area contributed by atoms with Crippen molar-refractivity contribution in [2.45, 2.75) is 25.1 Å². The molecule has 0 aliphatic carbocycles. The van der Waals surface area contributed by atoms with E-state index in [-0.39, 0.29) is 17.2 Å². The first-order chi connectivity index (χ1) is 9.24. The summed E-state index contributed by atoms with van der Waals surface area (Å²) in [5.74, 6) is 0.605. The number of carbonyl (C=O) groups excluding carboxylic acids is 1. The summed E-state index contributed by atoms with van der Waals surface area (Å²) < 4.78 is 13.8. The largest absolute Gasteiger partial charge is 0.338 e. The summed E-state index contributed by atoms with van der Waals surface area (Å²) in [5.41, 5.74) is 0.593. The molecular formula is C14H19FN2OS. The van der Waals surface area contributed by atoms with Crippen LogP contribution >= 0.6 is 11.8 Å². The second kappa shape index (κ2) is 6.80. The number of unbranched alkanes of at least 4 members (excludes halogenated alkanes) is 1. The smallest absolute Gasteiger partial charge is 0.318 e. The van der Waals surface area contributed by atoms with Gasteiger partial charge in [-0.15, -0.1) is 11.8 Å². The number of hydrogen-bond donors (Lipinski definition) is 1. The van der Waals surface area contributed by atoms with Gasteiger partial charge in [0.05, 0.1) is 0 Å². The Labute approximate surface area is 117 Å². The van der Waals surface area contributed by atoms with Crippen LogP contribution in [0.15, 0.2) is 24.3 Å². The van der Waals surface area contributed by atoms with Crippen molar-refractivity contribution in [3.05, 3.63) is 35.6 Å². The Bertz CT molecular complexity index is 441. The monoisotopic (exact) mass is 282 g/mol. The number of thioether (sulfide) groups is 1. The van der Waals surface area contributed by atoms with Crippen LogP contribution in [0, 0.1) is 5.82 Å². The molecule has 1 N–H and O–H groups in total. The molecule has 0 aromatic heterocycles. The Balaban J connectivity index is 2.05. The van der Waals surface area contributed by atoms with Gasteiger partial charge in [-0.25, -0.2) is 9.18 Å². The molecule has 0 radical (unpaired) electrons. The van der Waals surface area contributed by atoms with E-state index < -0.39 is 0 Å². The number of nitrogens with one attached hydrogen (secondary N) is 1. The maximum atomic E-state index is 13.8. The van der Waals surface area contributed by atoms with Gasteiger partial charge in [-0.3, -0.25) is 0 Å². The first-order valence-electron chi connectivity index (χ1n) is 6.64. The minimum absolute atomic E-state index is 0.0910. The van der Waals surface area contributed by atoms with Crippen molar-refractivity contribution in [2.24, 2.45) is 0 Å². The highest BCUT2D eigenvalue weighted by molar-refractivity contribution is 7.99. The fourth-order valence-corrected chi connectivity index (χ4v) is 3.36. The third-order valence-corrected chi connectivity index (χ3v) is 4.37. The first kappa shape index (κ1) is 14.2. The number of amides is 2. The van der Waals surface area contributed by atoms with Crippen molar-refractivity contribution in [1.82, 2.24) is 10.2 Å². The fraction of sp³-hybridized carbons (Fsp3) is 0.500. The summed E-state index contributed by atoms with van der Waals surface area (Å²) in [6.45, 7) is 3.43. The van der Waals surface area contributed by atoms with Crippen molar-refractivity contribution < 1.29 is 9.18 Å². The average molecular weight is 282 g/mol. The van der Waals surface area contributed by atoms with Gasteiger partial charge in [-0.2, -0.15) is 0 Å². The topological polar surface area (TPSA) is 32.3 Å². The average Bonchev–Trinajstić information content (AvgIpc) is 2.88. The van der Waals surface area contributed by atoms with Gasteiger partial charge < -0.3 is 10.2 Å². The summed E-state index contributed by atoms with van der Waals surface area (Å²) in [4.78, 5) is 13.8. The Morgan fingerprint density at radius 3 is 3.05 bits per heavy atom. The molecule has 0 bridgehead atoms. The molecule has 1 atom stereocenters. The van der Waals surface area contributed by atoms with Gasteiger partial charge in [0.1, 0.15) is 11.2 Å². The molecule has 1 heterocycles. The quantitative estimate of drug-likeness (QED) is 0.859. The number of benzene rings is 1. The Kier molecular flexibility index (Phi) is 5.07.